The molecule has 0 atom stereocenters. The maximum absolute atomic E-state index is 12.2. The molecular formula is C12H15F3N2O2. The standard InChI is InChI=1S/C12H15F3N2O2/c1-11(2,3)17-10(18)16-8-6-4-5-7-9(8)19-12(13,14)15/h4-7H,1-3H3,(H2,16,17,18). The summed E-state index contributed by atoms with van der Waals surface area (Å²) in [5.74, 6) is -0.459. The van der Waals surface area contributed by atoms with Crippen molar-refractivity contribution < 1.29 is 22.7 Å². The molecule has 0 fully saturated rings. The minimum atomic E-state index is -4.81. The van der Waals surface area contributed by atoms with Crippen LogP contribution in [0.5, 0.6) is 5.75 Å². The average molecular weight is 276 g/mol. The van der Waals surface area contributed by atoms with Crippen molar-refractivity contribution in [3.8, 4) is 5.75 Å². The number of anilines is 1. The Labute approximate surface area is 108 Å². The zero-order valence-electron chi connectivity index (χ0n) is 10.8. The molecule has 0 saturated heterocycles. The first-order valence-corrected chi connectivity index (χ1v) is 5.51. The third-order valence-electron chi connectivity index (χ3n) is 1.85. The minimum absolute atomic E-state index is 0.0541. The Hall–Kier alpha value is -1.92. The molecule has 0 aliphatic rings. The molecule has 0 aromatic heterocycles. The van der Waals surface area contributed by atoms with Crippen molar-refractivity contribution in [2.45, 2.75) is 32.7 Å². The molecule has 0 unspecified atom stereocenters. The summed E-state index contributed by atoms with van der Waals surface area (Å²) in [5, 5.41) is 4.89. The van der Waals surface area contributed by atoms with Crippen LogP contribution >= 0.6 is 0 Å². The van der Waals surface area contributed by atoms with E-state index in [1.54, 1.807) is 20.8 Å². The van der Waals surface area contributed by atoms with Gasteiger partial charge in [0.15, 0.2) is 5.75 Å². The third kappa shape index (κ3) is 5.98. The quantitative estimate of drug-likeness (QED) is 0.868. The fourth-order valence-corrected chi connectivity index (χ4v) is 1.28. The van der Waals surface area contributed by atoms with Gasteiger partial charge in [0.05, 0.1) is 5.69 Å². The van der Waals surface area contributed by atoms with Crippen LogP contribution in [0.25, 0.3) is 0 Å². The number of hydrogen-bond donors (Lipinski definition) is 2. The number of hydrogen-bond acceptors (Lipinski definition) is 2. The predicted molar refractivity (Wildman–Crippen MR) is 65.0 cm³/mol. The molecule has 0 radical (unpaired) electrons. The van der Waals surface area contributed by atoms with E-state index in [2.05, 4.69) is 15.4 Å². The topological polar surface area (TPSA) is 50.4 Å². The van der Waals surface area contributed by atoms with Crippen molar-refractivity contribution in [1.82, 2.24) is 5.32 Å². The van der Waals surface area contributed by atoms with Gasteiger partial charge in [-0.3, -0.25) is 0 Å². The van der Waals surface area contributed by atoms with Gasteiger partial charge in [0.2, 0.25) is 0 Å². The van der Waals surface area contributed by atoms with Gasteiger partial charge in [-0.1, -0.05) is 12.1 Å². The van der Waals surface area contributed by atoms with Crippen LogP contribution in [0.15, 0.2) is 24.3 Å². The Morgan fingerprint density at radius 3 is 2.26 bits per heavy atom. The van der Waals surface area contributed by atoms with Gasteiger partial charge in [-0.05, 0) is 32.9 Å². The number of carbonyl (C=O) groups excluding carboxylic acids is 1. The number of ether oxygens (including phenoxy) is 1. The summed E-state index contributed by atoms with van der Waals surface area (Å²) in [5.41, 5.74) is -0.550. The van der Waals surface area contributed by atoms with Gasteiger partial charge in [-0.15, -0.1) is 13.2 Å². The Morgan fingerprint density at radius 2 is 1.74 bits per heavy atom. The van der Waals surface area contributed by atoms with Crippen LogP contribution in [0, 0.1) is 0 Å². The van der Waals surface area contributed by atoms with Crippen LogP contribution in [0.4, 0.5) is 23.7 Å². The lowest BCUT2D eigenvalue weighted by Gasteiger charge is -2.21. The highest BCUT2D eigenvalue weighted by Gasteiger charge is 2.32. The summed E-state index contributed by atoms with van der Waals surface area (Å²) in [4.78, 5) is 11.6. The normalized spacial score (nSPS) is 11.9. The molecule has 1 rings (SSSR count). The van der Waals surface area contributed by atoms with E-state index in [0.29, 0.717) is 0 Å². The first-order chi connectivity index (χ1) is 8.57. The number of rotatable bonds is 2. The monoisotopic (exact) mass is 276 g/mol. The first kappa shape index (κ1) is 15.1. The number of halogens is 3. The maximum atomic E-state index is 12.2. The van der Waals surface area contributed by atoms with E-state index in [-0.39, 0.29) is 5.69 Å². The van der Waals surface area contributed by atoms with Gasteiger partial charge in [-0.25, -0.2) is 4.79 Å². The maximum Gasteiger partial charge on any atom is 0.573 e. The Bertz CT molecular complexity index is 453. The van der Waals surface area contributed by atoms with Crippen molar-refractivity contribution >= 4 is 11.7 Å². The van der Waals surface area contributed by atoms with E-state index < -0.39 is 23.7 Å². The number of alkyl halides is 3. The van der Waals surface area contributed by atoms with Crippen LogP contribution in [0.1, 0.15) is 20.8 Å². The van der Waals surface area contributed by atoms with Crippen LogP contribution < -0.4 is 15.4 Å². The molecule has 106 valence electrons. The van der Waals surface area contributed by atoms with Gasteiger partial charge < -0.3 is 15.4 Å². The Balaban J connectivity index is 2.81. The molecule has 2 N–H and O–H groups in total. The van der Waals surface area contributed by atoms with Gasteiger partial charge in [0, 0.05) is 5.54 Å². The van der Waals surface area contributed by atoms with Crippen LogP contribution in [0.3, 0.4) is 0 Å². The highest BCUT2D eigenvalue weighted by atomic mass is 19.4. The number of carbonyl (C=O) groups is 1. The molecule has 7 heteroatoms. The summed E-state index contributed by atoms with van der Waals surface area (Å²) >= 11 is 0. The zero-order valence-corrected chi connectivity index (χ0v) is 10.8. The molecule has 2 amide bonds. The molecule has 0 spiro atoms. The Morgan fingerprint density at radius 1 is 1.16 bits per heavy atom. The summed E-state index contributed by atoms with van der Waals surface area (Å²) in [6, 6.07) is 4.72. The number of para-hydroxylation sites is 2. The van der Waals surface area contributed by atoms with Crippen molar-refractivity contribution in [1.29, 1.82) is 0 Å². The van der Waals surface area contributed by atoms with E-state index in [0.717, 1.165) is 6.07 Å². The molecule has 1 aromatic carbocycles. The fraction of sp³-hybridized carbons (Fsp3) is 0.417. The molecule has 0 aliphatic carbocycles. The highest BCUT2D eigenvalue weighted by molar-refractivity contribution is 5.91. The third-order valence-corrected chi connectivity index (χ3v) is 1.85. The summed E-state index contributed by atoms with van der Waals surface area (Å²) in [7, 11) is 0. The van der Waals surface area contributed by atoms with E-state index in [9.17, 15) is 18.0 Å². The molecule has 1 aromatic rings. The number of benzene rings is 1. The second-order valence-electron chi connectivity index (χ2n) is 4.87. The molecule has 0 heterocycles. The number of nitrogens with one attached hydrogen (secondary N) is 2. The van der Waals surface area contributed by atoms with Crippen LogP contribution in [0.2, 0.25) is 0 Å². The van der Waals surface area contributed by atoms with E-state index in [1.165, 1.54) is 18.2 Å². The zero-order chi connectivity index (χ0) is 14.7. The van der Waals surface area contributed by atoms with E-state index in [4.69, 9.17) is 0 Å². The molecule has 0 saturated carbocycles. The molecule has 0 bridgehead atoms. The lowest BCUT2D eigenvalue weighted by molar-refractivity contribution is -0.274. The lowest BCUT2D eigenvalue weighted by Crippen LogP contribution is -2.43. The smallest absolute Gasteiger partial charge is 0.404 e. The SMILES string of the molecule is CC(C)(C)NC(=O)Nc1ccccc1OC(F)(F)F. The van der Waals surface area contributed by atoms with Crippen LogP contribution in [-0.4, -0.2) is 17.9 Å². The fourth-order valence-electron chi connectivity index (χ4n) is 1.28. The summed E-state index contributed by atoms with van der Waals surface area (Å²) < 4.78 is 40.4. The molecular weight excluding hydrogens is 261 g/mol. The molecule has 4 nitrogen and oxygen atoms in total. The van der Waals surface area contributed by atoms with Crippen LogP contribution in [-0.2, 0) is 0 Å². The summed E-state index contributed by atoms with van der Waals surface area (Å²) in [6.45, 7) is 5.26. The van der Waals surface area contributed by atoms with Crippen molar-refractivity contribution in [3.05, 3.63) is 24.3 Å². The molecule has 19 heavy (non-hydrogen) atoms. The van der Waals surface area contributed by atoms with E-state index in [1.807, 2.05) is 0 Å². The number of urea groups is 1. The van der Waals surface area contributed by atoms with Gasteiger partial charge in [0.25, 0.3) is 0 Å². The second kappa shape index (κ2) is 5.38. The van der Waals surface area contributed by atoms with Gasteiger partial charge in [0.1, 0.15) is 0 Å². The van der Waals surface area contributed by atoms with Gasteiger partial charge >= 0.3 is 12.4 Å². The van der Waals surface area contributed by atoms with E-state index >= 15 is 0 Å². The molecule has 0 aliphatic heterocycles. The van der Waals surface area contributed by atoms with Crippen molar-refractivity contribution in [2.24, 2.45) is 0 Å². The van der Waals surface area contributed by atoms with Crippen molar-refractivity contribution in [2.75, 3.05) is 5.32 Å². The predicted octanol–water partition coefficient (Wildman–Crippen LogP) is 3.51. The average Bonchev–Trinajstić information content (AvgIpc) is 2.15. The number of amides is 2. The lowest BCUT2D eigenvalue weighted by atomic mass is 10.1. The Kier molecular flexibility index (Phi) is 4.28. The largest absolute Gasteiger partial charge is 0.573 e. The van der Waals surface area contributed by atoms with Gasteiger partial charge in [-0.2, -0.15) is 0 Å². The highest BCUT2D eigenvalue weighted by Crippen LogP contribution is 2.29. The van der Waals surface area contributed by atoms with Crippen molar-refractivity contribution in [3.63, 3.8) is 0 Å². The first-order valence-electron chi connectivity index (χ1n) is 5.51. The minimum Gasteiger partial charge on any atom is -0.404 e. The summed E-state index contributed by atoms with van der Waals surface area (Å²) in [6.07, 6.45) is -4.81. The second-order valence-corrected chi connectivity index (χ2v) is 4.87.